The number of hydrogen-bond acceptors (Lipinski definition) is 5. The van der Waals surface area contributed by atoms with Crippen LogP contribution in [0.5, 0.6) is 5.75 Å². The first-order valence-corrected chi connectivity index (χ1v) is 5.99. The van der Waals surface area contributed by atoms with Crippen LogP contribution in [0.1, 0.15) is 0 Å². The van der Waals surface area contributed by atoms with Crippen LogP contribution in [0.4, 0.5) is 5.69 Å². The average molecular weight is 246 g/mol. The molecule has 0 bridgehead atoms. The summed E-state index contributed by atoms with van der Waals surface area (Å²) in [6.45, 7) is -0.258. The van der Waals surface area contributed by atoms with Crippen LogP contribution in [0.25, 0.3) is 0 Å². The number of anilines is 1. The molecule has 0 heterocycles. The maximum Gasteiger partial charge on any atom is 0.242 e. The molecule has 0 radical (unpaired) electrons. The van der Waals surface area contributed by atoms with Gasteiger partial charge >= 0.3 is 0 Å². The lowest BCUT2D eigenvalue weighted by Crippen LogP contribution is -2.29. The van der Waals surface area contributed by atoms with Crippen molar-refractivity contribution >= 4 is 15.7 Å². The Bertz CT molecular complexity index is 472. The number of likely N-dealkylation sites (N-methyl/N-ethyl adjacent to an activating group) is 1. The molecule has 90 valence electrons. The maximum absolute atomic E-state index is 11.9. The molecule has 0 unspecified atom stereocenters. The lowest BCUT2D eigenvalue weighted by molar-refractivity contribution is 0.266. The van der Waals surface area contributed by atoms with Crippen molar-refractivity contribution in [1.29, 1.82) is 0 Å². The Hall–Kier alpha value is -1.31. The summed E-state index contributed by atoms with van der Waals surface area (Å²) in [7, 11) is -2.30. The number of nitrogen functional groups attached to an aromatic ring is 1. The van der Waals surface area contributed by atoms with E-state index in [0.717, 1.165) is 4.31 Å². The summed E-state index contributed by atoms with van der Waals surface area (Å²) in [5, 5.41) is 17.9. The maximum atomic E-state index is 11.9. The van der Waals surface area contributed by atoms with Gasteiger partial charge in [0.1, 0.15) is 5.75 Å². The predicted octanol–water partition coefficient (Wildman–Crippen LogP) is -0.413. The third kappa shape index (κ3) is 2.43. The third-order valence-corrected chi connectivity index (χ3v) is 3.97. The van der Waals surface area contributed by atoms with Crippen molar-refractivity contribution in [3.05, 3.63) is 18.2 Å². The van der Waals surface area contributed by atoms with Crippen molar-refractivity contribution in [2.45, 2.75) is 4.90 Å². The first kappa shape index (κ1) is 12.8. The number of nitrogens with two attached hydrogens (primary N) is 1. The van der Waals surface area contributed by atoms with E-state index >= 15 is 0 Å². The van der Waals surface area contributed by atoms with E-state index < -0.39 is 10.0 Å². The second-order valence-electron chi connectivity index (χ2n) is 3.27. The fourth-order valence-corrected chi connectivity index (χ4v) is 2.33. The van der Waals surface area contributed by atoms with Gasteiger partial charge in [-0.25, -0.2) is 8.42 Å². The highest BCUT2D eigenvalue weighted by molar-refractivity contribution is 7.89. The summed E-state index contributed by atoms with van der Waals surface area (Å²) < 4.78 is 24.7. The standard InChI is InChI=1S/C9H14N2O4S/c1-11(4-5-12)16(14,15)7-2-3-9(13)8(10)6-7/h2-3,6,12-13H,4-5,10H2,1H3. The van der Waals surface area contributed by atoms with Gasteiger partial charge < -0.3 is 15.9 Å². The summed E-state index contributed by atoms with van der Waals surface area (Å²) in [6.07, 6.45) is 0. The van der Waals surface area contributed by atoms with Gasteiger partial charge in [-0.2, -0.15) is 4.31 Å². The number of sulfonamides is 1. The van der Waals surface area contributed by atoms with Crippen molar-refractivity contribution in [2.75, 3.05) is 25.9 Å². The molecule has 0 saturated heterocycles. The molecular formula is C9H14N2O4S. The topological polar surface area (TPSA) is 104 Å². The summed E-state index contributed by atoms with van der Waals surface area (Å²) in [5.74, 6) is -0.163. The van der Waals surface area contributed by atoms with Gasteiger partial charge in [0.2, 0.25) is 10.0 Å². The lowest BCUT2D eigenvalue weighted by Gasteiger charge is -2.16. The van der Waals surface area contributed by atoms with E-state index in [4.69, 9.17) is 10.8 Å². The summed E-state index contributed by atoms with van der Waals surface area (Å²) >= 11 is 0. The molecule has 6 nitrogen and oxygen atoms in total. The van der Waals surface area contributed by atoms with E-state index in [1.165, 1.54) is 25.2 Å². The molecule has 7 heteroatoms. The molecule has 0 aliphatic carbocycles. The van der Waals surface area contributed by atoms with E-state index in [2.05, 4.69) is 0 Å². The van der Waals surface area contributed by atoms with Crippen LogP contribution in [0, 0.1) is 0 Å². The van der Waals surface area contributed by atoms with E-state index in [0.29, 0.717) is 0 Å². The zero-order valence-corrected chi connectivity index (χ0v) is 9.61. The minimum Gasteiger partial charge on any atom is -0.506 e. The first-order valence-electron chi connectivity index (χ1n) is 4.55. The Morgan fingerprint density at radius 3 is 2.56 bits per heavy atom. The smallest absolute Gasteiger partial charge is 0.242 e. The Balaban J connectivity index is 3.12. The van der Waals surface area contributed by atoms with Gasteiger partial charge in [0, 0.05) is 13.6 Å². The van der Waals surface area contributed by atoms with E-state index in [1.54, 1.807) is 0 Å². The minimum atomic E-state index is -3.66. The van der Waals surface area contributed by atoms with Crippen LogP contribution in [0.15, 0.2) is 23.1 Å². The van der Waals surface area contributed by atoms with E-state index in [1.807, 2.05) is 0 Å². The number of benzene rings is 1. The van der Waals surface area contributed by atoms with Gasteiger partial charge in [-0.3, -0.25) is 0 Å². The molecular weight excluding hydrogens is 232 g/mol. The van der Waals surface area contributed by atoms with Gasteiger partial charge in [0.05, 0.1) is 17.2 Å². The highest BCUT2D eigenvalue weighted by atomic mass is 32.2. The summed E-state index contributed by atoms with van der Waals surface area (Å²) in [5.41, 5.74) is 5.41. The molecule has 0 spiro atoms. The number of aliphatic hydroxyl groups is 1. The number of aromatic hydroxyl groups is 1. The van der Waals surface area contributed by atoms with Crippen LogP contribution < -0.4 is 5.73 Å². The third-order valence-electron chi connectivity index (χ3n) is 2.12. The average Bonchev–Trinajstić information content (AvgIpc) is 2.22. The highest BCUT2D eigenvalue weighted by Gasteiger charge is 2.20. The molecule has 0 aliphatic heterocycles. The lowest BCUT2D eigenvalue weighted by atomic mass is 10.3. The number of nitrogens with zero attached hydrogens (tertiary/aromatic N) is 1. The first-order chi connectivity index (χ1) is 7.39. The zero-order chi connectivity index (χ0) is 12.3. The van der Waals surface area contributed by atoms with Crippen LogP contribution in [-0.4, -0.2) is 43.1 Å². The second kappa shape index (κ2) is 4.69. The molecule has 0 aromatic heterocycles. The molecule has 16 heavy (non-hydrogen) atoms. The van der Waals surface area contributed by atoms with Crippen LogP contribution >= 0.6 is 0 Å². The molecule has 0 fully saturated rings. The van der Waals surface area contributed by atoms with Gasteiger partial charge in [0.25, 0.3) is 0 Å². The molecule has 0 amide bonds. The fraction of sp³-hybridized carbons (Fsp3) is 0.333. The van der Waals surface area contributed by atoms with Crippen LogP contribution in [0.2, 0.25) is 0 Å². The van der Waals surface area contributed by atoms with Crippen LogP contribution in [-0.2, 0) is 10.0 Å². The summed E-state index contributed by atoms with van der Waals surface area (Å²) in [6, 6.07) is 3.66. The quantitative estimate of drug-likeness (QED) is 0.495. The Kier molecular flexibility index (Phi) is 3.74. The number of phenolic OH excluding ortho intramolecular Hbond substituents is 1. The van der Waals surface area contributed by atoms with Gasteiger partial charge in [-0.05, 0) is 18.2 Å². The Morgan fingerprint density at radius 2 is 2.06 bits per heavy atom. The number of hydrogen-bond donors (Lipinski definition) is 3. The largest absolute Gasteiger partial charge is 0.506 e. The fourth-order valence-electron chi connectivity index (χ4n) is 1.13. The van der Waals surface area contributed by atoms with Gasteiger partial charge in [-0.15, -0.1) is 0 Å². The molecule has 4 N–H and O–H groups in total. The van der Waals surface area contributed by atoms with Crippen molar-refractivity contribution in [3.8, 4) is 5.75 Å². The molecule has 1 aromatic carbocycles. The van der Waals surface area contributed by atoms with Crippen molar-refractivity contribution in [3.63, 3.8) is 0 Å². The molecule has 0 saturated carbocycles. The number of aliphatic hydroxyl groups excluding tert-OH is 1. The van der Waals surface area contributed by atoms with E-state index in [9.17, 15) is 13.5 Å². The zero-order valence-electron chi connectivity index (χ0n) is 8.79. The Labute approximate surface area is 94.0 Å². The number of rotatable bonds is 4. The normalized spacial score (nSPS) is 11.9. The monoisotopic (exact) mass is 246 g/mol. The molecule has 0 atom stereocenters. The predicted molar refractivity (Wildman–Crippen MR) is 59.4 cm³/mol. The Morgan fingerprint density at radius 1 is 1.44 bits per heavy atom. The van der Waals surface area contributed by atoms with Gasteiger partial charge in [-0.1, -0.05) is 0 Å². The van der Waals surface area contributed by atoms with Crippen LogP contribution in [0.3, 0.4) is 0 Å². The number of phenols is 1. The molecule has 0 aliphatic rings. The minimum absolute atomic E-state index is 0.00141. The SMILES string of the molecule is CN(CCO)S(=O)(=O)c1ccc(O)c(N)c1. The van der Waals surface area contributed by atoms with Gasteiger partial charge in [0.15, 0.2) is 0 Å². The second-order valence-corrected chi connectivity index (χ2v) is 5.32. The molecule has 1 rings (SSSR count). The summed E-state index contributed by atoms with van der Waals surface area (Å²) in [4.78, 5) is -0.0150. The van der Waals surface area contributed by atoms with E-state index in [-0.39, 0.29) is 29.5 Å². The van der Waals surface area contributed by atoms with Crippen molar-refractivity contribution in [2.24, 2.45) is 0 Å². The van der Waals surface area contributed by atoms with Crippen molar-refractivity contribution < 1.29 is 18.6 Å². The van der Waals surface area contributed by atoms with Crippen molar-refractivity contribution in [1.82, 2.24) is 4.31 Å². The molecule has 1 aromatic rings. The highest BCUT2D eigenvalue weighted by Crippen LogP contribution is 2.24.